The highest BCUT2D eigenvalue weighted by Crippen LogP contribution is 2.34. The molecule has 1 unspecified atom stereocenters. The number of nitrogens with zero attached hydrogens (tertiary/aromatic N) is 1. The Kier molecular flexibility index (Phi) is 5.55. The van der Waals surface area contributed by atoms with Gasteiger partial charge in [0, 0.05) is 18.1 Å². The lowest BCUT2D eigenvalue weighted by Crippen LogP contribution is -2.39. The first kappa shape index (κ1) is 16.3. The zero-order valence-corrected chi connectivity index (χ0v) is 14.1. The standard InChI is InChI=1S/C19H22ClNO2/c1-2-23-16-9-7-15(8-10-16)19(21-11-13-22-14-12-21)17-5-3-4-6-18(17)20/h3-10,19H,2,11-14H2,1H3. The lowest BCUT2D eigenvalue weighted by Gasteiger charge is -2.35. The average molecular weight is 332 g/mol. The molecular weight excluding hydrogens is 310 g/mol. The van der Waals surface area contributed by atoms with Crippen LogP contribution >= 0.6 is 11.6 Å². The van der Waals surface area contributed by atoms with Gasteiger partial charge in [-0.1, -0.05) is 41.9 Å². The molecule has 0 aromatic heterocycles. The van der Waals surface area contributed by atoms with Crippen molar-refractivity contribution >= 4 is 11.6 Å². The van der Waals surface area contributed by atoms with Crippen LogP contribution in [0.5, 0.6) is 5.75 Å². The van der Waals surface area contributed by atoms with Crippen molar-refractivity contribution in [1.29, 1.82) is 0 Å². The second kappa shape index (κ2) is 7.82. The molecule has 1 fully saturated rings. The molecule has 3 rings (SSSR count). The van der Waals surface area contributed by atoms with Gasteiger partial charge in [-0.25, -0.2) is 0 Å². The van der Waals surface area contributed by atoms with Crippen molar-refractivity contribution in [2.45, 2.75) is 13.0 Å². The molecule has 1 heterocycles. The Labute approximate surface area is 142 Å². The van der Waals surface area contributed by atoms with Gasteiger partial charge in [0.05, 0.1) is 25.9 Å². The van der Waals surface area contributed by atoms with E-state index in [-0.39, 0.29) is 6.04 Å². The van der Waals surface area contributed by atoms with Crippen molar-refractivity contribution in [3.63, 3.8) is 0 Å². The molecule has 0 amide bonds. The van der Waals surface area contributed by atoms with Crippen molar-refractivity contribution in [1.82, 2.24) is 4.90 Å². The molecular formula is C19H22ClNO2. The van der Waals surface area contributed by atoms with E-state index in [4.69, 9.17) is 21.1 Å². The summed E-state index contributed by atoms with van der Waals surface area (Å²) in [6.07, 6.45) is 0. The normalized spacial score (nSPS) is 17.0. The molecule has 2 aromatic rings. The third-order valence-corrected chi connectivity index (χ3v) is 4.46. The van der Waals surface area contributed by atoms with E-state index in [1.807, 2.05) is 37.3 Å². The molecule has 0 bridgehead atoms. The topological polar surface area (TPSA) is 21.7 Å². The van der Waals surface area contributed by atoms with E-state index in [1.165, 1.54) is 5.56 Å². The summed E-state index contributed by atoms with van der Waals surface area (Å²) in [5, 5.41) is 0.804. The first-order chi connectivity index (χ1) is 11.3. The van der Waals surface area contributed by atoms with Gasteiger partial charge in [-0.05, 0) is 36.2 Å². The number of ether oxygens (including phenoxy) is 2. The highest BCUT2D eigenvalue weighted by atomic mass is 35.5. The van der Waals surface area contributed by atoms with Crippen LogP contribution in [0.25, 0.3) is 0 Å². The second-order valence-corrected chi connectivity index (χ2v) is 5.98. The monoisotopic (exact) mass is 331 g/mol. The van der Waals surface area contributed by atoms with E-state index in [9.17, 15) is 0 Å². The number of benzene rings is 2. The fourth-order valence-corrected chi connectivity index (χ4v) is 3.27. The highest BCUT2D eigenvalue weighted by Gasteiger charge is 2.25. The van der Waals surface area contributed by atoms with Crippen LogP contribution in [0.1, 0.15) is 24.1 Å². The van der Waals surface area contributed by atoms with E-state index in [0.29, 0.717) is 6.61 Å². The Balaban J connectivity index is 1.95. The molecule has 4 heteroatoms. The summed E-state index contributed by atoms with van der Waals surface area (Å²) in [5.41, 5.74) is 2.36. The zero-order chi connectivity index (χ0) is 16.1. The third kappa shape index (κ3) is 3.86. The average Bonchev–Trinajstić information content (AvgIpc) is 2.60. The molecule has 0 radical (unpaired) electrons. The van der Waals surface area contributed by atoms with Crippen LogP contribution < -0.4 is 4.74 Å². The second-order valence-electron chi connectivity index (χ2n) is 5.57. The van der Waals surface area contributed by atoms with Crippen LogP contribution in [0, 0.1) is 0 Å². The Morgan fingerprint density at radius 3 is 2.43 bits per heavy atom. The Morgan fingerprint density at radius 1 is 1.09 bits per heavy atom. The van der Waals surface area contributed by atoms with Gasteiger partial charge in [-0.2, -0.15) is 0 Å². The molecule has 23 heavy (non-hydrogen) atoms. The molecule has 1 atom stereocenters. The number of rotatable bonds is 5. The van der Waals surface area contributed by atoms with Gasteiger partial charge in [0.25, 0.3) is 0 Å². The fraction of sp³-hybridized carbons (Fsp3) is 0.368. The summed E-state index contributed by atoms with van der Waals surface area (Å²) < 4.78 is 11.1. The van der Waals surface area contributed by atoms with Crippen molar-refractivity contribution in [2.24, 2.45) is 0 Å². The van der Waals surface area contributed by atoms with E-state index in [1.54, 1.807) is 0 Å². The Hall–Kier alpha value is -1.55. The summed E-state index contributed by atoms with van der Waals surface area (Å²) in [6.45, 7) is 6.01. The molecule has 1 aliphatic rings. The summed E-state index contributed by atoms with van der Waals surface area (Å²) in [6, 6.07) is 16.6. The summed E-state index contributed by atoms with van der Waals surface area (Å²) >= 11 is 6.49. The van der Waals surface area contributed by atoms with Gasteiger partial charge in [0.15, 0.2) is 0 Å². The zero-order valence-electron chi connectivity index (χ0n) is 13.4. The van der Waals surface area contributed by atoms with Gasteiger partial charge >= 0.3 is 0 Å². The number of morpholine rings is 1. The molecule has 0 saturated carbocycles. The molecule has 122 valence electrons. The Bertz CT molecular complexity index is 624. The molecule has 0 aliphatic carbocycles. The maximum Gasteiger partial charge on any atom is 0.119 e. The molecule has 1 aliphatic heterocycles. The van der Waals surface area contributed by atoms with Gasteiger partial charge in [0.2, 0.25) is 0 Å². The van der Waals surface area contributed by atoms with Crippen LogP contribution in [0.2, 0.25) is 5.02 Å². The van der Waals surface area contributed by atoms with Crippen LogP contribution in [0.15, 0.2) is 48.5 Å². The van der Waals surface area contributed by atoms with Crippen molar-refractivity contribution in [3.05, 3.63) is 64.7 Å². The maximum absolute atomic E-state index is 6.49. The first-order valence-electron chi connectivity index (χ1n) is 8.08. The molecule has 2 aromatic carbocycles. The lowest BCUT2D eigenvalue weighted by molar-refractivity contribution is 0.0239. The summed E-state index contributed by atoms with van der Waals surface area (Å²) in [4.78, 5) is 2.43. The van der Waals surface area contributed by atoms with Gasteiger partial charge in [-0.15, -0.1) is 0 Å². The van der Waals surface area contributed by atoms with E-state index >= 15 is 0 Å². The smallest absolute Gasteiger partial charge is 0.119 e. The van der Waals surface area contributed by atoms with E-state index < -0.39 is 0 Å². The summed E-state index contributed by atoms with van der Waals surface area (Å²) in [5.74, 6) is 0.899. The van der Waals surface area contributed by atoms with Gasteiger partial charge < -0.3 is 9.47 Å². The molecule has 1 saturated heterocycles. The van der Waals surface area contributed by atoms with Crippen molar-refractivity contribution in [3.8, 4) is 5.75 Å². The van der Waals surface area contributed by atoms with Crippen LogP contribution in [0.3, 0.4) is 0 Å². The lowest BCUT2D eigenvalue weighted by atomic mass is 9.96. The SMILES string of the molecule is CCOc1ccc(C(c2ccccc2Cl)N2CCOCC2)cc1. The Morgan fingerprint density at radius 2 is 1.78 bits per heavy atom. The summed E-state index contributed by atoms with van der Waals surface area (Å²) in [7, 11) is 0. The van der Waals surface area contributed by atoms with Crippen molar-refractivity contribution in [2.75, 3.05) is 32.9 Å². The fourth-order valence-electron chi connectivity index (χ4n) is 3.03. The maximum atomic E-state index is 6.49. The highest BCUT2D eigenvalue weighted by molar-refractivity contribution is 6.31. The number of hydrogen-bond donors (Lipinski definition) is 0. The van der Waals surface area contributed by atoms with Crippen molar-refractivity contribution < 1.29 is 9.47 Å². The molecule has 3 nitrogen and oxygen atoms in total. The largest absolute Gasteiger partial charge is 0.494 e. The van der Waals surface area contributed by atoms with E-state index in [0.717, 1.165) is 42.6 Å². The minimum absolute atomic E-state index is 0.142. The third-order valence-electron chi connectivity index (χ3n) is 4.12. The minimum Gasteiger partial charge on any atom is -0.494 e. The molecule has 0 N–H and O–H groups in total. The predicted molar refractivity (Wildman–Crippen MR) is 93.3 cm³/mol. The predicted octanol–water partition coefficient (Wildman–Crippen LogP) is 4.16. The van der Waals surface area contributed by atoms with Crippen LogP contribution in [-0.2, 0) is 4.74 Å². The van der Waals surface area contributed by atoms with Crippen LogP contribution in [-0.4, -0.2) is 37.8 Å². The van der Waals surface area contributed by atoms with Crippen LogP contribution in [0.4, 0.5) is 0 Å². The minimum atomic E-state index is 0.142. The first-order valence-corrected chi connectivity index (χ1v) is 8.46. The number of hydrogen-bond acceptors (Lipinski definition) is 3. The van der Waals surface area contributed by atoms with Gasteiger partial charge in [-0.3, -0.25) is 4.90 Å². The van der Waals surface area contributed by atoms with Gasteiger partial charge in [0.1, 0.15) is 5.75 Å². The quantitative estimate of drug-likeness (QED) is 0.821. The molecule has 0 spiro atoms. The number of halogens is 1. The van der Waals surface area contributed by atoms with E-state index in [2.05, 4.69) is 23.1 Å².